The zero-order valence-corrected chi connectivity index (χ0v) is 9.94. The van der Waals surface area contributed by atoms with Crippen LogP contribution in [0, 0.1) is 0 Å². The first-order chi connectivity index (χ1) is 5.84. The maximum atomic E-state index is 4.12. The van der Waals surface area contributed by atoms with Gasteiger partial charge >= 0.3 is 0 Å². The van der Waals surface area contributed by atoms with Gasteiger partial charge in [-0.25, -0.2) is 0 Å². The van der Waals surface area contributed by atoms with Gasteiger partial charge < -0.3 is 4.90 Å². The van der Waals surface area contributed by atoms with Gasteiger partial charge in [0.2, 0.25) is 0 Å². The number of hydrogen-bond acceptors (Lipinski definition) is 1. The summed E-state index contributed by atoms with van der Waals surface area (Å²) in [5.74, 6) is 0. The molecule has 0 amide bonds. The molecule has 0 aliphatic carbocycles. The Kier molecular flexibility index (Phi) is 4.25. The Balaban J connectivity index is 4.62. The summed E-state index contributed by atoms with van der Waals surface area (Å²) in [5.41, 5.74) is 2.62. The topological polar surface area (TPSA) is 3.24 Å². The lowest BCUT2D eigenvalue weighted by Gasteiger charge is -2.36. The van der Waals surface area contributed by atoms with E-state index in [0.717, 1.165) is 12.1 Å². The van der Waals surface area contributed by atoms with Crippen molar-refractivity contribution in [1.29, 1.82) is 0 Å². The zero-order valence-electron chi connectivity index (χ0n) is 9.94. The van der Waals surface area contributed by atoms with E-state index in [1.807, 2.05) is 0 Å². The molecule has 0 bridgehead atoms. The molecule has 0 atom stereocenters. The highest BCUT2D eigenvalue weighted by Gasteiger charge is 2.19. The van der Waals surface area contributed by atoms with Crippen molar-refractivity contribution >= 4 is 0 Å². The maximum absolute atomic E-state index is 4.12. The molecule has 0 saturated heterocycles. The van der Waals surface area contributed by atoms with E-state index in [2.05, 4.69) is 59.2 Å². The molecule has 0 unspecified atom stereocenters. The minimum atomic E-state index is 0.153. The van der Waals surface area contributed by atoms with Gasteiger partial charge in [0.25, 0.3) is 0 Å². The lowest BCUT2D eigenvalue weighted by Crippen LogP contribution is -2.37. The van der Waals surface area contributed by atoms with E-state index in [9.17, 15) is 0 Å². The van der Waals surface area contributed by atoms with Crippen LogP contribution in [0.1, 0.15) is 41.0 Å². The van der Waals surface area contributed by atoms with Crippen LogP contribution in [0.4, 0.5) is 0 Å². The molecule has 0 N–H and O–H groups in total. The van der Waals surface area contributed by atoms with Gasteiger partial charge in [-0.05, 0) is 39.7 Å². The van der Waals surface area contributed by atoms with Gasteiger partial charge in [-0.15, -0.1) is 0 Å². The molecule has 1 heteroatoms. The summed E-state index contributed by atoms with van der Waals surface area (Å²) in [5, 5.41) is 0. The van der Waals surface area contributed by atoms with Gasteiger partial charge in [-0.3, -0.25) is 0 Å². The van der Waals surface area contributed by atoms with Crippen molar-refractivity contribution in [2.24, 2.45) is 0 Å². The highest BCUT2D eigenvalue weighted by Crippen LogP contribution is 2.22. The normalized spacial score (nSPS) is 12.9. The Labute approximate surface area is 83.1 Å². The maximum Gasteiger partial charge on any atom is 0.0324 e. The number of likely N-dealkylation sites (N-methyl/N-ethyl adjacent to an activating group) is 1. The molecule has 0 aromatic rings. The molecule has 0 rings (SSSR count). The second-order valence-corrected chi connectivity index (χ2v) is 4.34. The average Bonchev–Trinajstić information content (AvgIpc) is 2.03. The van der Waals surface area contributed by atoms with Crippen molar-refractivity contribution in [3.8, 4) is 0 Å². The molecule has 0 saturated carbocycles. The number of allylic oxidation sites excluding steroid dienone is 2. The van der Waals surface area contributed by atoms with E-state index in [-0.39, 0.29) is 5.54 Å². The van der Waals surface area contributed by atoms with Crippen LogP contribution in [0.25, 0.3) is 0 Å². The summed E-state index contributed by atoms with van der Waals surface area (Å²) < 4.78 is 0. The summed E-state index contributed by atoms with van der Waals surface area (Å²) in [6.45, 7) is 14.9. The molecule has 0 aliphatic rings. The zero-order chi connectivity index (χ0) is 10.6. The number of rotatable bonds is 3. The van der Waals surface area contributed by atoms with Crippen molar-refractivity contribution in [2.75, 3.05) is 7.05 Å². The fourth-order valence-electron chi connectivity index (χ4n) is 1.20. The largest absolute Gasteiger partial charge is 0.370 e. The van der Waals surface area contributed by atoms with Gasteiger partial charge in [0.05, 0.1) is 0 Å². The summed E-state index contributed by atoms with van der Waals surface area (Å²) in [6.07, 6.45) is 3.19. The van der Waals surface area contributed by atoms with Crippen LogP contribution in [0.2, 0.25) is 0 Å². The minimum absolute atomic E-state index is 0.153. The quantitative estimate of drug-likeness (QED) is 0.601. The molecule has 0 aromatic carbocycles. The van der Waals surface area contributed by atoms with Crippen molar-refractivity contribution in [1.82, 2.24) is 4.90 Å². The Morgan fingerprint density at radius 2 is 1.85 bits per heavy atom. The average molecular weight is 181 g/mol. The molecule has 0 heterocycles. The Morgan fingerprint density at radius 1 is 1.38 bits per heavy atom. The third kappa shape index (κ3) is 3.25. The van der Waals surface area contributed by atoms with Crippen LogP contribution in [0.3, 0.4) is 0 Å². The molecular formula is C12H23N. The van der Waals surface area contributed by atoms with Gasteiger partial charge in [0.1, 0.15) is 0 Å². The Morgan fingerprint density at radius 3 is 2.08 bits per heavy atom. The van der Waals surface area contributed by atoms with E-state index < -0.39 is 0 Å². The summed E-state index contributed by atoms with van der Waals surface area (Å²) >= 11 is 0. The van der Waals surface area contributed by atoms with Gasteiger partial charge in [0, 0.05) is 18.3 Å². The van der Waals surface area contributed by atoms with Gasteiger partial charge in [0.15, 0.2) is 0 Å². The first-order valence-corrected chi connectivity index (χ1v) is 4.92. The fourth-order valence-corrected chi connectivity index (χ4v) is 1.20. The molecule has 0 radical (unpaired) electrons. The van der Waals surface area contributed by atoms with Gasteiger partial charge in [-0.1, -0.05) is 19.6 Å². The van der Waals surface area contributed by atoms with Crippen LogP contribution in [-0.4, -0.2) is 17.5 Å². The fraction of sp³-hybridized carbons (Fsp3) is 0.667. The van der Waals surface area contributed by atoms with E-state index in [1.165, 1.54) is 5.57 Å². The molecule has 0 spiro atoms. The van der Waals surface area contributed by atoms with Crippen LogP contribution >= 0.6 is 0 Å². The van der Waals surface area contributed by atoms with E-state index in [0.29, 0.717) is 0 Å². The first-order valence-electron chi connectivity index (χ1n) is 4.92. The van der Waals surface area contributed by atoms with Crippen LogP contribution < -0.4 is 0 Å². The smallest absolute Gasteiger partial charge is 0.0324 e. The Hall–Kier alpha value is -0.720. The van der Waals surface area contributed by atoms with Crippen molar-refractivity contribution in [3.05, 3.63) is 23.9 Å². The standard InChI is InChI=1S/C12H23N/c1-8-11(9-2)10(3)13(7)12(4,5)6/h8H,3,9H2,1-2,4-7H3/b11-8+. The van der Waals surface area contributed by atoms with Gasteiger partial charge in [-0.2, -0.15) is 0 Å². The monoisotopic (exact) mass is 181 g/mol. The lowest BCUT2D eigenvalue weighted by molar-refractivity contribution is 0.232. The molecule has 0 fully saturated rings. The predicted molar refractivity (Wildman–Crippen MR) is 60.7 cm³/mol. The Bertz CT molecular complexity index is 206. The second-order valence-electron chi connectivity index (χ2n) is 4.34. The SMILES string of the molecule is C=C(/C(=C/C)CC)N(C)C(C)(C)C. The third-order valence-corrected chi connectivity index (χ3v) is 2.51. The van der Waals surface area contributed by atoms with Crippen molar-refractivity contribution in [2.45, 2.75) is 46.6 Å². The molecule has 0 aromatic heterocycles. The van der Waals surface area contributed by atoms with E-state index >= 15 is 0 Å². The highest BCUT2D eigenvalue weighted by molar-refractivity contribution is 5.27. The van der Waals surface area contributed by atoms with E-state index in [4.69, 9.17) is 0 Å². The number of hydrogen-bond donors (Lipinski definition) is 0. The number of nitrogens with zero attached hydrogens (tertiary/aromatic N) is 1. The van der Waals surface area contributed by atoms with E-state index in [1.54, 1.807) is 0 Å². The van der Waals surface area contributed by atoms with Crippen molar-refractivity contribution < 1.29 is 0 Å². The minimum Gasteiger partial charge on any atom is -0.370 e. The van der Waals surface area contributed by atoms with Crippen LogP contribution in [0.5, 0.6) is 0 Å². The molecule has 13 heavy (non-hydrogen) atoms. The predicted octanol–water partition coefficient (Wildman–Crippen LogP) is 3.59. The molecular weight excluding hydrogens is 158 g/mol. The molecule has 76 valence electrons. The summed E-state index contributed by atoms with van der Waals surface area (Å²) in [4.78, 5) is 2.23. The van der Waals surface area contributed by atoms with Crippen LogP contribution in [-0.2, 0) is 0 Å². The summed E-state index contributed by atoms with van der Waals surface area (Å²) in [6, 6.07) is 0. The molecule has 1 nitrogen and oxygen atoms in total. The summed E-state index contributed by atoms with van der Waals surface area (Å²) in [7, 11) is 2.10. The first kappa shape index (κ1) is 12.3. The van der Waals surface area contributed by atoms with Crippen molar-refractivity contribution in [3.63, 3.8) is 0 Å². The highest BCUT2D eigenvalue weighted by atomic mass is 15.2. The van der Waals surface area contributed by atoms with Crippen LogP contribution in [0.15, 0.2) is 23.9 Å². The molecule has 0 aliphatic heterocycles. The third-order valence-electron chi connectivity index (χ3n) is 2.51. The second kappa shape index (κ2) is 4.50. The lowest BCUT2D eigenvalue weighted by atomic mass is 10.0.